The molecule has 0 radical (unpaired) electrons. The molecule has 104 valence electrons. The summed E-state index contributed by atoms with van der Waals surface area (Å²) in [6.45, 7) is 6.45. The van der Waals surface area contributed by atoms with Gasteiger partial charge in [-0.1, -0.05) is 45.0 Å². The van der Waals surface area contributed by atoms with Crippen molar-refractivity contribution in [3.63, 3.8) is 0 Å². The van der Waals surface area contributed by atoms with E-state index in [0.29, 0.717) is 5.69 Å². The summed E-state index contributed by atoms with van der Waals surface area (Å²) < 4.78 is 12.8. The Hall–Kier alpha value is -2.03. The van der Waals surface area contributed by atoms with Gasteiger partial charge >= 0.3 is 0 Å². The van der Waals surface area contributed by atoms with Crippen molar-refractivity contribution in [1.82, 2.24) is 4.98 Å². The lowest BCUT2D eigenvalue weighted by Gasteiger charge is -2.19. The van der Waals surface area contributed by atoms with Gasteiger partial charge in [-0.3, -0.25) is 9.78 Å². The summed E-state index contributed by atoms with van der Waals surface area (Å²) in [6, 6.07) is 10.7. The fourth-order valence-electron chi connectivity index (χ4n) is 1.94. The molecule has 2 aromatic rings. The van der Waals surface area contributed by atoms with Crippen molar-refractivity contribution < 1.29 is 9.18 Å². The summed E-state index contributed by atoms with van der Waals surface area (Å²) in [5, 5.41) is 0. The lowest BCUT2D eigenvalue weighted by molar-refractivity contribution is 0.0988. The number of aromatic nitrogens is 1. The van der Waals surface area contributed by atoms with Crippen LogP contribution in [0.15, 0.2) is 42.6 Å². The van der Waals surface area contributed by atoms with Crippen molar-refractivity contribution in [2.24, 2.45) is 0 Å². The molecule has 3 heteroatoms. The first kappa shape index (κ1) is 14.4. The summed E-state index contributed by atoms with van der Waals surface area (Å²) >= 11 is 0. The van der Waals surface area contributed by atoms with E-state index in [1.54, 1.807) is 0 Å². The van der Waals surface area contributed by atoms with Crippen molar-refractivity contribution in [2.75, 3.05) is 0 Å². The monoisotopic (exact) mass is 271 g/mol. The van der Waals surface area contributed by atoms with Gasteiger partial charge in [0.2, 0.25) is 0 Å². The first-order valence-corrected chi connectivity index (χ1v) is 6.60. The molecular weight excluding hydrogens is 253 g/mol. The third-order valence-corrected chi connectivity index (χ3v) is 3.20. The van der Waals surface area contributed by atoms with Crippen molar-refractivity contribution in [1.29, 1.82) is 0 Å². The van der Waals surface area contributed by atoms with E-state index in [0.717, 1.165) is 11.8 Å². The molecule has 0 spiro atoms. The van der Waals surface area contributed by atoms with Crippen LogP contribution in [-0.4, -0.2) is 10.8 Å². The second kappa shape index (κ2) is 5.53. The number of rotatable bonds is 3. The van der Waals surface area contributed by atoms with Crippen molar-refractivity contribution >= 4 is 5.78 Å². The van der Waals surface area contributed by atoms with E-state index in [1.165, 1.54) is 17.7 Å². The normalized spacial score (nSPS) is 11.4. The fourth-order valence-corrected chi connectivity index (χ4v) is 1.94. The van der Waals surface area contributed by atoms with Crippen LogP contribution in [0.3, 0.4) is 0 Å². The maximum Gasteiger partial charge on any atom is 0.185 e. The minimum Gasteiger partial charge on any atom is -0.292 e. The molecule has 0 saturated carbocycles. The lowest BCUT2D eigenvalue weighted by Crippen LogP contribution is -2.11. The van der Waals surface area contributed by atoms with Crippen LogP contribution >= 0.6 is 0 Å². The summed E-state index contributed by atoms with van der Waals surface area (Å²) in [7, 11) is 0. The highest BCUT2D eigenvalue weighted by atomic mass is 19.1. The Morgan fingerprint density at radius 1 is 1.10 bits per heavy atom. The number of Topliss-reactive ketones (excluding diaryl/α,β-unsaturated/α-hetero) is 1. The van der Waals surface area contributed by atoms with Gasteiger partial charge in [0, 0.05) is 6.42 Å². The highest BCUT2D eigenvalue weighted by Crippen LogP contribution is 2.22. The molecule has 0 fully saturated rings. The summed E-state index contributed by atoms with van der Waals surface area (Å²) in [4.78, 5) is 15.8. The van der Waals surface area contributed by atoms with Gasteiger partial charge < -0.3 is 0 Å². The molecule has 0 saturated heterocycles. The van der Waals surface area contributed by atoms with Crippen LogP contribution in [-0.2, 0) is 11.8 Å². The topological polar surface area (TPSA) is 30.0 Å². The van der Waals surface area contributed by atoms with Gasteiger partial charge in [-0.15, -0.1) is 0 Å². The van der Waals surface area contributed by atoms with Crippen LogP contribution in [0.25, 0.3) is 0 Å². The number of hydrogen-bond acceptors (Lipinski definition) is 2. The molecule has 0 bridgehead atoms. The Morgan fingerprint density at radius 2 is 1.75 bits per heavy atom. The molecule has 2 nitrogen and oxygen atoms in total. The molecule has 1 aromatic heterocycles. The highest BCUT2D eigenvalue weighted by molar-refractivity contribution is 5.95. The SMILES string of the molecule is CC(C)(C)c1ccc(CC(=O)c2ccc(F)cn2)cc1. The van der Waals surface area contributed by atoms with Gasteiger partial charge in [0.15, 0.2) is 5.78 Å². The molecule has 0 N–H and O–H groups in total. The number of carbonyl (C=O) groups is 1. The smallest absolute Gasteiger partial charge is 0.185 e. The number of halogens is 1. The summed E-state index contributed by atoms with van der Waals surface area (Å²) in [6.07, 6.45) is 1.35. The maximum atomic E-state index is 12.8. The maximum absolute atomic E-state index is 12.8. The van der Waals surface area contributed by atoms with Crippen LogP contribution in [0.1, 0.15) is 42.4 Å². The number of ketones is 1. The van der Waals surface area contributed by atoms with E-state index < -0.39 is 5.82 Å². The zero-order valence-corrected chi connectivity index (χ0v) is 12.0. The van der Waals surface area contributed by atoms with Crippen LogP contribution in [0.4, 0.5) is 4.39 Å². The third-order valence-electron chi connectivity index (χ3n) is 3.20. The van der Waals surface area contributed by atoms with E-state index >= 15 is 0 Å². The Morgan fingerprint density at radius 3 is 2.25 bits per heavy atom. The standard InChI is InChI=1S/C17H18FNO/c1-17(2,3)13-6-4-12(5-7-13)10-16(20)15-9-8-14(18)11-19-15/h4-9,11H,10H2,1-3H3. The third kappa shape index (κ3) is 3.50. The van der Waals surface area contributed by atoms with Gasteiger partial charge in [-0.05, 0) is 28.7 Å². The van der Waals surface area contributed by atoms with Crippen LogP contribution < -0.4 is 0 Å². The van der Waals surface area contributed by atoms with E-state index in [9.17, 15) is 9.18 Å². The second-order valence-corrected chi connectivity index (χ2v) is 5.91. The van der Waals surface area contributed by atoms with E-state index in [4.69, 9.17) is 0 Å². The van der Waals surface area contributed by atoms with Gasteiger partial charge in [0.05, 0.1) is 6.20 Å². The first-order valence-electron chi connectivity index (χ1n) is 6.60. The van der Waals surface area contributed by atoms with Gasteiger partial charge in [0.1, 0.15) is 11.5 Å². The number of nitrogens with zero attached hydrogens (tertiary/aromatic N) is 1. The molecule has 0 unspecified atom stereocenters. The van der Waals surface area contributed by atoms with Gasteiger partial charge in [-0.25, -0.2) is 4.39 Å². The molecule has 0 aliphatic heterocycles. The highest BCUT2D eigenvalue weighted by Gasteiger charge is 2.14. The average Bonchev–Trinajstić information content (AvgIpc) is 2.39. The Labute approximate surface area is 118 Å². The fraction of sp³-hybridized carbons (Fsp3) is 0.294. The lowest BCUT2D eigenvalue weighted by atomic mass is 9.86. The van der Waals surface area contributed by atoms with Gasteiger partial charge in [0.25, 0.3) is 0 Å². The van der Waals surface area contributed by atoms with E-state index in [2.05, 4.69) is 25.8 Å². The van der Waals surface area contributed by atoms with Crippen molar-refractivity contribution in [3.05, 3.63) is 65.2 Å². The summed E-state index contributed by atoms with van der Waals surface area (Å²) in [5.74, 6) is -0.537. The molecule has 0 amide bonds. The molecule has 20 heavy (non-hydrogen) atoms. The van der Waals surface area contributed by atoms with Crippen LogP contribution in [0.2, 0.25) is 0 Å². The predicted octanol–water partition coefficient (Wildman–Crippen LogP) is 3.94. The molecule has 1 aromatic carbocycles. The number of carbonyl (C=O) groups excluding carboxylic acids is 1. The van der Waals surface area contributed by atoms with Crippen LogP contribution in [0.5, 0.6) is 0 Å². The van der Waals surface area contributed by atoms with Gasteiger partial charge in [-0.2, -0.15) is 0 Å². The van der Waals surface area contributed by atoms with Crippen molar-refractivity contribution in [2.45, 2.75) is 32.6 Å². The molecule has 0 atom stereocenters. The zero-order valence-electron chi connectivity index (χ0n) is 12.0. The Kier molecular flexibility index (Phi) is 3.98. The average molecular weight is 271 g/mol. The number of pyridine rings is 1. The van der Waals surface area contributed by atoms with Crippen LogP contribution in [0, 0.1) is 5.82 Å². The minimum atomic E-state index is -0.434. The Balaban J connectivity index is 2.10. The number of hydrogen-bond donors (Lipinski definition) is 0. The molecule has 1 heterocycles. The zero-order chi connectivity index (χ0) is 14.8. The second-order valence-electron chi connectivity index (χ2n) is 5.91. The molecule has 0 aliphatic carbocycles. The molecule has 0 aliphatic rings. The molecule has 2 rings (SSSR count). The molecular formula is C17H18FNO. The Bertz CT molecular complexity index is 594. The first-order chi connectivity index (χ1) is 9.36. The number of benzene rings is 1. The predicted molar refractivity (Wildman–Crippen MR) is 77.4 cm³/mol. The summed E-state index contributed by atoms with van der Waals surface area (Å²) in [5.41, 5.74) is 2.56. The van der Waals surface area contributed by atoms with E-state index in [-0.39, 0.29) is 17.6 Å². The van der Waals surface area contributed by atoms with Crippen molar-refractivity contribution in [3.8, 4) is 0 Å². The van der Waals surface area contributed by atoms with E-state index in [1.807, 2.05) is 24.3 Å². The largest absolute Gasteiger partial charge is 0.292 e. The minimum absolute atomic E-state index is 0.0983. The quantitative estimate of drug-likeness (QED) is 0.791.